The monoisotopic (exact) mass is 327 g/mol. The molecule has 1 amide bonds. The van der Waals surface area contributed by atoms with Crippen LogP contribution in [0, 0.1) is 11.3 Å². The zero-order valence-electron chi connectivity index (χ0n) is 12.3. The largest absolute Gasteiger partial charge is 0.508 e. The van der Waals surface area contributed by atoms with Crippen LogP contribution >= 0.6 is 11.6 Å². The van der Waals surface area contributed by atoms with E-state index < -0.39 is 5.91 Å². The summed E-state index contributed by atoms with van der Waals surface area (Å²) in [5.74, 6) is -0.408. The summed E-state index contributed by atoms with van der Waals surface area (Å²) in [6, 6.07) is 15.0. The normalized spacial score (nSPS) is 10.7. The van der Waals surface area contributed by atoms with Crippen molar-refractivity contribution in [3.8, 4) is 11.8 Å². The second kappa shape index (κ2) is 7.34. The molecule has 0 unspecified atom stereocenters. The molecule has 0 aliphatic carbocycles. The summed E-state index contributed by atoms with van der Waals surface area (Å²) >= 11 is 5.98. The van der Waals surface area contributed by atoms with Gasteiger partial charge in [0, 0.05) is 18.9 Å². The molecule has 2 aromatic carbocycles. The number of amides is 1. The molecule has 116 valence electrons. The highest BCUT2D eigenvalue weighted by Crippen LogP contribution is 2.22. The molecule has 0 atom stereocenters. The van der Waals surface area contributed by atoms with Crippen LogP contribution in [0.3, 0.4) is 0 Å². The molecule has 0 spiro atoms. The Morgan fingerprint density at radius 1 is 1.26 bits per heavy atom. The van der Waals surface area contributed by atoms with Crippen molar-refractivity contribution in [2.45, 2.75) is 0 Å². The van der Waals surface area contributed by atoms with Crippen molar-refractivity contribution >= 4 is 28.9 Å². The number of nitrogens with one attached hydrogen (secondary N) is 1. The topological polar surface area (TPSA) is 76.4 Å². The van der Waals surface area contributed by atoms with E-state index in [1.165, 1.54) is 18.3 Å². The number of phenols is 1. The summed E-state index contributed by atoms with van der Waals surface area (Å²) < 4.78 is 0. The Labute approximate surface area is 139 Å². The molecule has 0 radical (unpaired) electrons. The quantitative estimate of drug-likeness (QED) is 0.665. The van der Waals surface area contributed by atoms with Gasteiger partial charge in [0.2, 0.25) is 0 Å². The molecule has 0 saturated carbocycles. The van der Waals surface area contributed by atoms with Crippen molar-refractivity contribution in [2.24, 2.45) is 0 Å². The standard InChI is InChI=1S/C17H14ClN3O2/c1-21(13-6-8-14(22)9-7-13)11-12(10-19)17(23)20-16-5-3-2-4-15(16)18/h2-9,11,22H,1H3,(H,20,23)/b12-11-. The number of hydrogen-bond acceptors (Lipinski definition) is 4. The number of aromatic hydroxyl groups is 1. The molecule has 2 N–H and O–H groups in total. The van der Waals surface area contributed by atoms with Crippen molar-refractivity contribution in [3.05, 3.63) is 65.3 Å². The molecule has 2 aromatic rings. The maximum Gasteiger partial charge on any atom is 0.267 e. The Bertz CT molecular complexity index is 779. The van der Waals surface area contributed by atoms with Crippen molar-refractivity contribution in [3.63, 3.8) is 0 Å². The summed E-state index contributed by atoms with van der Waals surface area (Å²) in [5, 5.41) is 21.5. The molecule has 0 aliphatic heterocycles. The number of anilines is 2. The van der Waals surface area contributed by atoms with E-state index in [1.807, 2.05) is 6.07 Å². The summed E-state index contributed by atoms with van der Waals surface area (Å²) in [7, 11) is 1.70. The van der Waals surface area contributed by atoms with Crippen LogP contribution in [0.5, 0.6) is 5.75 Å². The molecule has 23 heavy (non-hydrogen) atoms. The lowest BCUT2D eigenvalue weighted by Crippen LogP contribution is -2.18. The lowest BCUT2D eigenvalue weighted by molar-refractivity contribution is -0.112. The van der Waals surface area contributed by atoms with Crippen molar-refractivity contribution < 1.29 is 9.90 Å². The van der Waals surface area contributed by atoms with Crippen LogP contribution in [0.4, 0.5) is 11.4 Å². The van der Waals surface area contributed by atoms with Gasteiger partial charge in [0.25, 0.3) is 5.91 Å². The highest BCUT2D eigenvalue weighted by Gasteiger charge is 2.12. The maximum atomic E-state index is 12.2. The first-order chi connectivity index (χ1) is 11.0. The van der Waals surface area contributed by atoms with Gasteiger partial charge in [-0.1, -0.05) is 23.7 Å². The Balaban J connectivity index is 2.18. The van der Waals surface area contributed by atoms with Gasteiger partial charge >= 0.3 is 0 Å². The maximum absolute atomic E-state index is 12.2. The van der Waals surface area contributed by atoms with E-state index in [4.69, 9.17) is 11.6 Å². The number of para-hydroxylation sites is 1. The van der Waals surface area contributed by atoms with Crippen molar-refractivity contribution in [1.82, 2.24) is 0 Å². The number of nitriles is 1. The number of hydrogen-bond donors (Lipinski definition) is 2. The van der Waals surface area contributed by atoms with E-state index in [0.29, 0.717) is 10.7 Å². The van der Waals surface area contributed by atoms with Gasteiger partial charge in [0.15, 0.2) is 0 Å². The van der Waals surface area contributed by atoms with Gasteiger partial charge in [-0.05, 0) is 36.4 Å². The van der Waals surface area contributed by atoms with Gasteiger partial charge in [-0.15, -0.1) is 0 Å². The Morgan fingerprint density at radius 2 is 1.91 bits per heavy atom. The molecule has 6 heteroatoms. The van der Waals surface area contributed by atoms with Crippen LogP contribution in [-0.2, 0) is 4.79 Å². The minimum atomic E-state index is -0.550. The van der Waals surface area contributed by atoms with E-state index in [-0.39, 0.29) is 11.3 Å². The number of halogens is 1. The van der Waals surface area contributed by atoms with E-state index >= 15 is 0 Å². The predicted octanol–water partition coefficient (Wildman–Crippen LogP) is 3.53. The van der Waals surface area contributed by atoms with Crippen LogP contribution < -0.4 is 10.2 Å². The number of benzene rings is 2. The second-order valence-electron chi connectivity index (χ2n) is 4.72. The molecule has 0 saturated heterocycles. The van der Waals surface area contributed by atoms with E-state index in [2.05, 4.69) is 5.32 Å². The molecule has 0 bridgehead atoms. The van der Waals surface area contributed by atoms with Gasteiger partial charge in [-0.25, -0.2) is 0 Å². The smallest absolute Gasteiger partial charge is 0.267 e. The van der Waals surface area contributed by atoms with Crippen molar-refractivity contribution in [2.75, 3.05) is 17.3 Å². The summed E-state index contributed by atoms with van der Waals surface area (Å²) in [6.45, 7) is 0. The predicted molar refractivity (Wildman–Crippen MR) is 90.3 cm³/mol. The summed E-state index contributed by atoms with van der Waals surface area (Å²) in [5.41, 5.74) is 1.09. The highest BCUT2D eigenvalue weighted by atomic mass is 35.5. The van der Waals surface area contributed by atoms with Crippen LogP contribution in [0.2, 0.25) is 5.02 Å². The number of rotatable bonds is 4. The molecule has 0 aromatic heterocycles. The number of carbonyl (C=O) groups is 1. The van der Waals surface area contributed by atoms with Gasteiger partial charge in [-0.3, -0.25) is 4.79 Å². The minimum Gasteiger partial charge on any atom is -0.508 e. The van der Waals surface area contributed by atoms with E-state index in [9.17, 15) is 15.2 Å². The van der Waals surface area contributed by atoms with Gasteiger partial charge in [0.05, 0.1) is 10.7 Å². The van der Waals surface area contributed by atoms with Gasteiger partial charge in [-0.2, -0.15) is 5.26 Å². The molecular formula is C17H14ClN3O2. The molecule has 2 rings (SSSR count). The van der Waals surface area contributed by atoms with Gasteiger partial charge < -0.3 is 15.3 Å². The molecular weight excluding hydrogens is 314 g/mol. The Kier molecular flexibility index (Phi) is 5.23. The minimum absolute atomic E-state index is 0.0690. The number of phenolic OH excluding ortho intramolecular Hbond substituents is 1. The fraction of sp³-hybridized carbons (Fsp3) is 0.0588. The van der Waals surface area contributed by atoms with Crippen LogP contribution in [0.25, 0.3) is 0 Å². The third kappa shape index (κ3) is 4.25. The second-order valence-corrected chi connectivity index (χ2v) is 5.12. The van der Waals surface area contributed by atoms with Crippen molar-refractivity contribution in [1.29, 1.82) is 5.26 Å². The molecule has 0 heterocycles. The third-order valence-electron chi connectivity index (χ3n) is 3.07. The third-order valence-corrected chi connectivity index (χ3v) is 3.40. The lowest BCUT2D eigenvalue weighted by atomic mass is 10.2. The summed E-state index contributed by atoms with van der Waals surface area (Å²) in [6.07, 6.45) is 1.42. The first-order valence-electron chi connectivity index (χ1n) is 6.71. The highest BCUT2D eigenvalue weighted by molar-refractivity contribution is 6.33. The van der Waals surface area contributed by atoms with Crippen LogP contribution in [-0.4, -0.2) is 18.1 Å². The fourth-order valence-electron chi connectivity index (χ4n) is 1.85. The van der Waals surface area contributed by atoms with Gasteiger partial charge in [0.1, 0.15) is 17.4 Å². The first kappa shape index (κ1) is 16.4. The first-order valence-corrected chi connectivity index (χ1v) is 7.08. The lowest BCUT2D eigenvalue weighted by Gasteiger charge is -2.15. The van der Waals surface area contributed by atoms with E-state index in [1.54, 1.807) is 48.3 Å². The SMILES string of the molecule is CN(/C=C(/C#N)C(=O)Nc1ccccc1Cl)c1ccc(O)cc1. The van der Waals surface area contributed by atoms with Crippen LogP contribution in [0.1, 0.15) is 0 Å². The average molecular weight is 328 g/mol. The Hall–Kier alpha value is -2.97. The average Bonchev–Trinajstić information content (AvgIpc) is 2.55. The fourth-order valence-corrected chi connectivity index (χ4v) is 2.03. The number of nitrogens with zero attached hydrogens (tertiary/aromatic N) is 2. The summed E-state index contributed by atoms with van der Waals surface area (Å²) in [4.78, 5) is 13.8. The molecule has 5 nitrogen and oxygen atoms in total. The van der Waals surface area contributed by atoms with Crippen LogP contribution in [0.15, 0.2) is 60.3 Å². The zero-order valence-corrected chi connectivity index (χ0v) is 13.1. The molecule has 0 fully saturated rings. The molecule has 0 aliphatic rings. The Morgan fingerprint density at radius 3 is 2.52 bits per heavy atom. The number of carbonyl (C=O) groups excluding carboxylic acids is 1. The van der Waals surface area contributed by atoms with E-state index in [0.717, 1.165) is 5.69 Å². The zero-order chi connectivity index (χ0) is 16.8.